The Morgan fingerprint density at radius 3 is 2.00 bits per heavy atom. The highest BCUT2D eigenvalue weighted by molar-refractivity contribution is 6.47. The van der Waals surface area contributed by atoms with Gasteiger partial charge in [-0.2, -0.15) is 5.26 Å². The van der Waals surface area contributed by atoms with E-state index in [4.69, 9.17) is 14.6 Å². The van der Waals surface area contributed by atoms with Crippen molar-refractivity contribution in [2.24, 2.45) is 5.92 Å². The maximum absolute atomic E-state index is 8.72. The molecule has 0 amide bonds. The van der Waals surface area contributed by atoms with E-state index in [-0.39, 0.29) is 24.2 Å². The highest BCUT2D eigenvalue weighted by Gasteiger charge is 2.55. The van der Waals surface area contributed by atoms with Crippen LogP contribution in [0.3, 0.4) is 0 Å². The van der Waals surface area contributed by atoms with Gasteiger partial charge < -0.3 is 9.31 Å². The Labute approximate surface area is 91.9 Å². The number of hydrogen-bond acceptors (Lipinski definition) is 3. The molecule has 0 aromatic rings. The summed E-state index contributed by atoms with van der Waals surface area (Å²) in [4.78, 5) is 0. The molecule has 3 nitrogen and oxygen atoms in total. The Morgan fingerprint density at radius 1 is 1.13 bits per heavy atom. The van der Waals surface area contributed by atoms with Gasteiger partial charge in [-0.25, -0.2) is 0 Å². The fourth-order valence-corrected chi connectivity index (χ4v) is 2.07. The molecule has 0 atom stereocenters. The molecule has 1 aliphatic carbocycles. The van der Waals surface area contributed by atoms with Crippen LogP contribution in [0.25, 0.3) is 0 Å². The van der Waals surface area contributed by atoms with E-state index in [1.165, 1.54) is 0 Å². The van der Waals surface area contributed by atoms with Crippen LogP contribution in [0.5, 0.6) is 0 Å². The summed E-state index contributed by atoms with van der Waals surface area (Å²) in [6, 6.07) is 2.29. The number of rotatable bonds is 1. The highest BCUT2D eigenvalue weighted by atomic mass is 16.7. The SMILES string of the molecule is CC1(C)OB(C2CC(C#N)C2)OC1(C)C. The second-order valence-electron chi connectivity index (χ2n) is 5.68. The summed E-state index contributed by atoms with van der Waals surface area (Å²) in [7, 11) is -0.111. The molecule has 2 fully saturated rings. The van der Waals surface area contributed by atoms with Crippen molar-refractivity contribution in [2.75, 3.05) is 0 Å². The van der Waals surface area contributed by atoms with Gasteiger partial charge in [0.05, 0.1) is 17.3 Å². The molecule has 1 saturated heterocycles. The molecule has 2 rings (SSSR count). The first-order valence-electron chi connectivity index (χ1n) is 5.61. The standard InChI is InChI=1S/C11H18BNO2/c1-10(2)11(3,4)15-12(14-10)9-5-8(6-9)7-13/h8-9H,5-6H2,1-4H3. The smallest absolute Gasteiger partial charge is 0.403 e. The minimum atomic E-state index is -0.241. The molecule has 0 unspecified atom stereocenters. The topological polar surface area (TPSA) is 42.2 Å². The van der Waals surface area contributed by atoms with Crippen molar-refractivity contribution >= 4 is 7.12 Å². The van der Waals surface area contributed by atoms with E-state index >= 15 is 0 Å². The Morgan fingerprint density at radius 2 is 1.60 bits per heavy atom. The molecule has 1 aliphatic heterocycles. The zero-order valence-corrected chi connectivity index (χ0v) is 9.91. The maximum Gasteiger partial charge on any atom is 0.461 e. The molecule has 82 valence electrons. The van der Waals surface area contributed by atoms with Gasteiger partial charge in [-0.05, 0) is 46.4 Å². The summed E-state index contributed by atoms with van der Waals surface area (Å²) < 4.78 is 11.9. The summed E-state index contributed by atoms with van der Waals surface area (Å²) in [5.74, 6) is 0.629. The second-order valence-corrected chi connectivity index (χ2v) is 5.68. The van der Waals surface area contributed by atoms with Crippen LogP contribution < -0.4 is 0 Å². The molecule has 1 saturated carbocycles. The third-order valence-corrected chi connectivity index (χ3v) is 4.01. The number of nitriles is 1. The zero-order valence-electron chi connectivity index (χ0n) is 9.91. The van der Waals surface area contributed by atoms with E-state index in [1.54, 1.807) is 0 Å². The van der Waals surface area contributed by atoms with Crippen LogP contribution in [0, 0.1) is 17.2 Å². The molecule has 1 heterocycles. The maximum atomic E-state index is 8.72. The lowest BCUT2D eigenvalue weighted by Gasteiger charge is -2.32. The van der Waals surface area contributed by atoms with Crippen molar-refractivity contribution in [2.45, 2.75) is 57.6 Å². The van der Waals surface area contributed by atoms with E-state index in [9.17, 15) is 0 Å². The fraction of sp³-hybridized carbons (Fsp3) is 0.909. The van der Waals surface area contributed by atoms with Crippen LogP contribution in [0.1, 0.15) is 40.5 Å². The minimum absolute atomic E-state index is 0.111. The van der Waals surface area contributed by atoms with Crippen LogP contribution >= 0.6 is 0 Å². The van der Waals surface area contributed by atoms with Gasteiger partial charge in [-0.3, -0.25) is 0 Å². The first kappa shape index (κ1) is 11.0. The molecule has 0 N–H and O–H groups in total. The Kier molecular flexibility index (Phi) is 2.36. The average molecular weight is 207 g/mol. The highest BCUT2D eigenvalue weighted by Crippen LogP contribution is 2.48. The normalized spacial score (nSPS) is 37.1. The number of nitrogens with zero attached hydrogens (tertiary/aromatic N) is 1. The molecular weight excluding hydrogens is 189 g/mol. The molecule has 0 radical (unpaired) electrons. The molecular formula is C11H18BNO2. The predicted molar refractivity (Wildman–Crippen MR) is 58.2 cm³/mol. The lowest BCUT2D eigenvalue weighted by molar-refractivity contribution is 0.00578. The summed E-state index contributed by atoms with van der Waals surface area (Å²) >= 11 is 0. The lowest BCUT2D eigenvalue weighted by Crippen LogP contribution is -2.41. The third-order valence-electron chi connectivity index (χ3n) is 4.01. The van der Waals surface area contributed by atoms with Crippen molar-refractivity contribution in [3.05, 3.63) is 0 Å². The van der Waals surface area contributed by atoms with Crippen LogP contribution in [0.15, 0.2) is 0 Å². The first-order chi connectivity index (χ1) is 6.86. The molecule has 4 heteroatoms. The Hall–Kier alpha value is -0.525. The Bertz CT molecular complexity index is 286. The van der Waals surface area contributed by atoms with Crippen molar-refractivity contribution in [1.29, 1.82) is 5.26 Å². The van der Waals surface area contributed by atoms with Gasteiger partial charge in [0.15, 0.2) is 0 Å². The summed E-state index contributed by atoms with van der Waals surface area (Å²) in [6.45, 7) is 8.25. The van der Waals surface area contributed by atoms with Gasteiger partial charge in [0.1, 0.15) is 0 Å². The quantitative estimate of drug-likeness (QED) is 0.620. The van der Waals surface area contributed by atoms with Gasteiger partial charge >= 0.3 is 7.12 Å². The van der Waals surface area contributed by atoms with E-state index < -0.39 is 0 Å². The zero-order chi connectivity index (χ0) is 11.3. The third kappa shape index (κ3) is 1.68. The van der Waals surface area contributed by atoms with E-state index in [2.05, 4.69) is 33.8 Å². The van der Waals surface area contributed by atoms with E-state index in [0.717, 1.165) is 12.8 Å². The second kappa shape index (κ2) is 3.23. The summed E-state index contributed by atoms with van der Waals surface area (Å²) in [5.41, 5.74) is -0.481. The largest absolute Gasteiger partial charge is 0.461 e. The molecule has 0 spiro atoms. The van der Waals surface area contributed by atoms with Gasteiger partial charge in [-0.15, -0.1) is 0 Å². The molecule has 0 bridgehead atoms. The van der Waals surface area contributed by atoms with Gasteiger partial charge in [0.2, 0.25) is 0 Å². The summed E-state index contributed by atoms with van der Waals surface area (Å²) in [5, 5.41) is 8.72. The van der Waals surface area contributed by atoms with E-state index in [0.29, 0.717) is 5.82 Å². The molecule has 15 heavy (non-hydrogen) atoms. The average Bonchev–Trinajstić information content (AvgIpc) is 2.18. The minimum Gasteiger partial charge on any atom is -0.403 e. The van der Waals surface area contributed by atoms with Crippen LogP contribution in [0.4, 0.5) is 0 Å². The summed E-state index contributed by atoms with van der Waals surface area (Å²) in [6.07, 6.45) is 1.85. The van der Waals surface area contributed by atoms with Gasteiger partial charge in [0, 0.05) is 5.92 Å². The van der Waals surface area contributed by atoms with Crippen LogP contribution in [0.2, 0.25) is 5.82 Å². The van der Waals surface area contributed by atoms with Crippen molar-refractivity contribution in [1.82, 2.24) is 0 Å². The Balaban J connectivity index is 1.97. The first-order valence-corrected chi connectivity index (χ1v) is 5.61. The van der Waals surface area contributed by atoms with Crippen molar-refractivity contribution in [3.63, 3.8) is 0 Å². The van der Waals surface area contributed by atoms with Gasteiger partial charge in [0.25, 0.3) is 0 Å². The van der Waals surface area contributed by atoms with Gasteiger partial charge in [-0.1, -0.05) is 0 Å². The lowest BCUT2D eigenvalue weighted by atomic mass is 9.56. The van der Waals surface area contributed by atoms with Crippen LogP contribution in [-0.2, 0) is 9.31 Å². The molecule has 0 aromatic heterocycles. The van der Waals surface area contributed by atoms with Crippen molar-refractivity contribution in [3.8, 4) is 6.07 Å². The van der Waals surface area contributed by atoms with Crippen LogP contribution in [-0.4, -0.2) is 18.3 Å². The predicted octanol–water partition coefficient (Wildman–Crippen LogP) is 2.38. The monoisotopic (exact) mass is 207 g/mol. The van der Waals surface area contributed by atoms with E-state index in [1.807, 2.05) is 0 Å². The number of hydrogen-bond donors (Lipinski definition) is 0. The fourth-order valence-electron chi connectivity index (χ4n) is 2.07. The van der Waals surface area contributed by atoms with Crippen molar-refractivity contribution < 1.29 is 9.31 Å². The molecule has 0 aromatic carbocycles. The molecule has 2 aliphatic rings.